The van der Waals surface area contributed by atoms with E-state index in [-0.39, 0.29) is 18.8 Å². The van der Waals surface area contributed by atoms with Crippen LogP contribution in [0.2, 0.25) is 0 Å². The van der Waals surface area contributed by atoms with Gasteiger partial charge in [-0.25, -0.2) is 18.3 Å². The number of aromatic nitrogens is 3. The highest BCUT2D eigenvalue weighted by Crippen LogP contribution is 2.10. The summed E-state index contributed by atoms with van der Waals surface area (Å²) in [7, 11) is 0. The Morgan fingerprint density at radius 3 is 2.84 bits per heavy atom. The Balaban J connectivity index is 2.11. The van der Waals surface area contributed by atoms with Gasteiger partial charge in [-0.15, -0.1) is 5.10 Å². The molecule has 1 aromatic carbocycles. The summed E-state index contributed by atoms with van der Waals surface area (Å²) in [5.41, 5.74) is 0.587. The molecule has 0 amide bonds. The van der Waals surface area contributed by atoms with Crippen LogP contribution >= 0.6 is 0 Å². The van der Waals surface area contributed by atoms with E-state index in [9.17, 15) is 13.6 Å². The fourth-order valence-corrected chi connectivity index (χ4v) is 1.50. The molecule has 7 heteroatoms. The molecular formula is C12H11F2N3O2. The molecule has 0 atom stereocenters. The summed E-state index contributed by atoms with van der Waals surface area (Å²) in [6.45, 7) is 2.11. The zero-order chi connectivity index (χ0) is 13.8. The van der Waals surface area contributed by atoms with Crippen molar-refractivity contribution in [3.63, 3.8) is 0 Å². The summed E-state index contributed by atoms with van der Waals surface area (Å²) in [6, 6.07) is 3.54. The van der Waals surface area contributed by atoms with E-state index in [0.29, 0.717) is 5.56 Å². The van der Waals surface area contributed by atoms with Gasteiger partial charge in [0, 0.05) is 0 Å². The molecule has 0 N–H and O–H groups in total. The molecule has 19 heavy (non-hydrogen) atoms. The zero-order valence-corrected chi connectivity index (χ0v) is 10.1. The van der Waals surface area contributed by atoms with Crippen LogP contribution in [0.1, 0.15) is 23.0 Å². The molecule has 0 saturated carbocycles. The Bertz CT molecular complexity index is 598. The second-order valence-electron chi connectivity index (χ2n) is 3.77. The van der Waals surface area contributed by atoms with Gasteiger partial charge < -0.3 is 4.74 Å². The first kappa shape index (κ1) is 13.1. The van der Waals surface area contributed by atoms with Crippen LogP contribution in [-0.2, 0) is 11.3 Å². The van der Waals surface area contributed by atoms with E-state index < -0.39 is 17.6 Å². The van der Waals surface area contributed by atoms with Gasteiger partial charge in [-0.2, -0.15) is 0 Å². The number of hydrogen-bond acceptors (Lipinski definition) is 4. The number of benzene rings is 1. The van der Waals surface area contributed by atoms with Crippen molar-refractivity contribution in [1.82, 2.24) is 15.0 Å². The number of halogens is 2. The van der Waals surface area contributed by atoms with Gasteiger partial charge in [-0.3, -0.25) is 0 Å². The second kappa shape index (κ2) is 5.55. The van der Waals surface area contributed by atoms with Crippen molar-refractivity contribution in [2.24, 2.45) is 0 Å². The lowest BCUT2D eigenvalue weighted by atomic mass is 10.2. The molecule has 100 valence electrons. The van der Waals surface area contributed by atoms with Crippen LogP contribution in [0, 0.1) is 11.6 Å². The van der Waals surface area contributed by atoms with Crippen LogP contribution in [0.5, 0.6) is 0 Å². The minimum Gasteiger partial charge on any atom is -0.461 e. The number of hydrogen-bond donors (Lipinski definition) is 0. The number of esters is 1. The molecule has 0 aliphatic heterocycles. The maximum atomic E-state index is 13.0. The van der Waals surface area contributed by atoms with Crippen molar-refractivity contribution in [2.75, 3.05) is 6.61 Å². The fourth-order valence-electron chi connectivity index (χ4n) is 1.50. The van der Waals surface area contributed by atoms with Gasteiger partial charge in [0.25, 0.3) is 0 Å². The SMILES string of the molecule is CCOC(=O)c1cn(Cc2ccc(F)c(F)c2)nn1. The third-order valence-electron chi connectivity index (χ3n) is 2.35. The van der Waals surface area contributed by atoms with E-state index in [1.54, 1.807) is 6.92 Å². The molecule has 0 bridgehead atoms. The van der Waals surface area contributed by atoms with Gasteiger partial charge >= 0.3 is 5.97 Å². The normalized spacial score (nSPS) is 10.5. The molecule has 0 radical (unpaired) electrons. The standard InChI is InChI=1S/C12H11F2N3O2/c1-2-19-12(18)11-7-17(16-15-11)6-8-3-4-9(13)10(14)5-8/h3-5,7H,2,6H2,1H3. The Morgan fingerprint density at radius 2 is 2.16 bits per heavy atom. The first-order valence-electron chi connectivity index (χ1n) is 5.61. The Morgan fingerprint density at radius 1 is 1.37 bits per heavy atom. The predicted molar refractivity (Wildman–Crippen MR) is 61.4 cm³/mol. The maximum absolute atomic E-state index is 13.0. The van der Waals surface area contributed by atoms with Crippen molar-refractivity contribution >= 4 is 5.97 Å². The lowest BCUT2D eigenvalue weighted by molar-refractivity contribution is 0.0519. The number of rotatable bonds is 4. The van der Waals surface area contributed by atoms with Crippen LogP contribution < -0.4 is 0 Å². The highest BCUT2D eigenvalue weighted by Gasteiger charge is 2.12. The molecule has 0 spiro atoms. The highest BCUT2D eigenvalue weighted by atomic mass is 19.2. The van der Waals surface area contributed by atoms with Crippen LogP contribution in [0.3, 0.4) is 0 Å². The third-order valence-corrected chi connectivity index (χ3v) is 2.35. The lowest BCUT2D eigenvalue weighted by Crippen LogP contribution is -2.05. The van der Waals surface area contributed by atoms with Gasteiger partial charge in [-0.1, -0.05) is 11.3 Å². The van der Waals surface area contributed by atoms with Crippen LogP contribution in [0.25, 0.3) is 0 Å². The Hall–Kier alpha value is -2.31. The van der Waals surface area contributed by atoms with E-state index >= 15 is 0 Å². The van der Waals surface area contributed by atoms with Gasteiger partial charge in [0.2, 0.25) is 0 Å². The van der Waals surface area contributed by atoms with E-state index in [0.717, 1.165) is 12.1 Å². The predicted octanol–water partition coefficient (Wildman–Crippen LogP) is 1.78. The fraction of sp³-hybridized carbons (Fsp3) is 0.250. The monoisotopic (exact) mass is 267 g/mol. The van der Waals surface area contributed by atoms with Gasteiger partial charge in [0.1, 0.15) is 0 Å². The summed E-state index contributed by atoms with van der Waals surface area (Å²) in [6.07, 6.45) is 1.39. The topological polar surface area (TPSA) is 57.0 Å². The summed E-state index contributed by atoms with van der Waals surface area (Å²) < 4.78 is 31.9. The molecule has 0 saturated heterocycles. The Kier molecular flexibility index (Phi) is 3.84. The average molecular weight is 267 g/mol. The third kappa shape index (κ3) is 3.12. The van der Waals surface area contributed by atoms with Gasteiger partial charge in [-0.05, 0) is 24.6 Å². The summed E-state index contributed by atoms with van der Waals surface area (Å²) in [5, 5.41) is 7.36. The van der Waals surface area contributed by atoms with E-state index in [1.807, 2.05) is 0 Å². The van der Waals surface area contributed by atoms with E-state index in [4.69, 9.17) is 4.74 Å². The summed E-state index contributed by atoms with van der Waals surface area (Å²) >= 11 is 0. The molecule has 0 unspecified atom stereocenters. The minimum absolute atomic E-state index is 0.0735. The molecule has 5 nitrogen and oxygen atoms in total. The van der Waals surface area contributed by atoms with Gasteiger partial charge in [0.05, 0.1) is 19.3 Å². The average Bonchev–Trinajstić information content (AvgIpc) is 2.83. The number of carbonyl (C=O) groups excluding carboxylic acids is 1. The van der Waals surface area contributed by atoms with Crippen molar-refractivity contribution in [2.45, 2.75) is 13.5 Å². The molecule has 2 aromatic rings. The molecule has 0 fully saturated rings. The molecule has 0 aliphatic rings. The largest absolute Gasteiger partial charge is 0.461 e. The summed E-state index contributed by atoms with van der Waals surface area (Å²) in [4.78, 5) is 11.4. The van der Waals surface area contributed by atoms with Crippen molar-refractivity contribution < 1.29 is 18.3 Å². The van der Waals surface area contributed by atoms with Crippen molar-refractivity contribution in [3.05, 3.63) is 47.3 Å². The molecule has 1 aromatic heterocycles. The maximum Gasteiger partial charge on any atom is 0.360 e. The quantitative estimate of drug-likeness (QED) is 0.792. The highest BCUT2D eigenvalue weighted by molar-refractivity contribution is 5.86. The second-order valence-corrected chi connectivity index (χ2v) is 3.77. The number of ether oxygens (including phenoxy) is 1. The van der Waals surface area contributed by atoms with Crippen molar-refractivity contribution in [1.29, 1.82) is 0 Å². The molecule has 2 rings (SSSR count). The first-order chi connectivity index (χ1) is 9.10. The Labute approximate surface area is 107 Å². The zero-order valence-electron chi connectivity index (χ0n) is 10.1. The van der Waals surface area contributed by atoms with Crippen LogP contribution in [0.4, 0.5) is 8.78 Å². The lowest BCUT2D eigenvalue weighted by Gasteiger charge is -2.01. The van der Waals surface area contributed by atoms with Crippen LogP contribution in [-0.4, -0.2) is 27.6 Å². The van der Waals surface area contributed by atoms with Crippen molar-refractivity contribution in [3.8, 4) is 0 Å². The first-order valence-corrected chi connectivity index (χ1v) is 5.61. The summed E-state index contributed by atoms with van der Waals surface area (Å²) in [5.74, 6) is -2.41. The van der Waals surface area contributed by atoms with E-state index in [1.165, 1.54) is 16.9 Å². The molecular weight excluding hydrogens is 256 g/mol. The smallest absolute Gasteiger partial charge is 0.360 e. The minimum atomic E-state index is -0.928. The number of nitrogens with zero attached hydrogens (tertiary/aromatic N) is 3. The molecule has 1 heterocycles. The molecule has 0 aliphatic carbocycles. The van der Waals surface area contributed by atoms with Crippen LogP contribution in [0.15, 0.2) is 24.4 Å². The number of carbonyl (C=O) groups is 1. The van der Waals surface area contributed by atoms with Gasteiger partial charge in [0.15, 0.2) is 17.3 Å². The van der Waals surface area contributed by atoms with E-state index in [2.05, 4.69) is 10.3 Å².